The number of fused-ring (bicyclic) bond motifs is 1. The second-order valence-corrected chi connectivity index (χ2v) is 6.09. The van der Waals surface area contributed by atoms with Crippen molar-refractivity contribution in [2.75, 3.05) is 0 Å². The maximum Gasteiger partial charge on any atom is 0.138 e. The lowest BCUT2D eigenvalue weighted by Gasteiger charge is -2.08. The van der Waals surface area contributed by atoms with E-state index in [2.05, 4.69) is 4.98 Å². The van der Waals surface area contributed by atoms with Gasteiger partial charge in [-0.05, 0) is 52.9 Å². The summed E-state index contributed by atoms with van der Waals surface area (Å²) in [5.74, 6) is 0.648. The first-order chi connectivity index (χ1) is 9.60. The summed E-state index contributed by atoms with van der Waals surface area (Å²) in [5.41, 5.74) is 2.27. The zero-order valence-electron chi connectivity index (χ0n) is 10.1. The topological polar surface area (TPSA) is 17.8 Å². The number of alkyl halides is 1. The number of hydrogen-bond donors (Lipinski definition) is 0. The van der Waals surface area contributed by atoms with E-state index in [-0.39, 0.29) is 11.7 Å². The van der Waals surface area contributed by atoms with Gasteiger partial charge < -0.3 is 0 Å². The Labute approximate surface area is 138 Å². The molecular weight excluding hydrogens is 413 g/mol. The molecule has 0 aliphatic rings. The van der Waals surface area contributed by atoms with Gasteiger partial charge in [-0.2, -0.15) is 0 Å². The number of aromatic nitrogens is 2. The van der Waals surface area contributed by atoms with Crippen LogP contribution in [0.3, 0.4) is 0 Å². The molecule has 0 aliphatic carbocycles. The van der Waals surface area contributed by atoms with Crippen LogP contribution in [0.15, 0.2) is 36.4 Å². The van der Waals surface area contributed by atoms with Gasteiger partial charge in [-0.3, -0.25) is 4.57 Å². The van der Waals surface area contributed by atoms with E-state index in [1.165, 1.54) is 6.07 Å². The average Bonchev–Trinajstić information content (AvgIpc) is 2.78. The van der Waals surface area contributed by atoms with Crippen LogP contribution >= 0.6 is 45.8 Å². The van der Waals surface area contributed by atoms with Crippen molar-refractivity contribution in [1.82, 2.24) is 9.55 Å². The lowest BCUT2D eigenvalue weighted by Crippen LogP contribution is -1.99. The fraction of sp³-hybridized carbons (Fsp3) is 0.0714. The molecular formula is C14H8Cl2FIN2. The maximum absolute atomic E-state index is 13.8. The Morgan fingerprint density at radius 1 is 1.20 bits per heavy atom. The molecule has 1 heterocycles. The number of hydrogen-bond acceptors (Lipinski definition) is 1. The van der Waals surface area contributed by atoms with Gasteiger partial charge >= 0.3 is 0 Å². The van der Waals surface area contributed by atoms with Gasteiger partial charge in [-0.15, -0.1) is 11.6 Å². The van der Waals surface area contributed by atoms with Crippen molar-refractivity contribution in [2.45, 2.75) is 5.88 Å². The monoisotopic (exact) mass is 420 g/mol. The molecule has 0 spiro atoms. The number of benzene rings is 2. The number of nitrogens with zero attached hydrogens (tertiary/aromatic N) is 2. The Bertz CT molecular complexity index is 784. The van der Waals surface area contributed by atoms with Crippen molar-refractivity contribution in [3.8, 4) is 5.69 Å². The van der Waals surface area contributed by atoms with E-state index in [1.54, 1.807) is 18.2 Å². The lowest BCUT2D eigenvalue weighted by molar-refractivity contribution is 0.622. The fourth-order valence-corrected chi connectivity index (χ4v) is 2.85. The Balaban J connectivity index is 2.32. The molecule has 0 amide bonds. The third-order valence-electron chi connectivity index (χ3n) is 2.97. The number of rotatable bonds is 2. The minimum Gasteiger partial charge on any atom is -0.295 e. The van der Waals surface area contributed by atoms with Crippen molar-refractivity contribution in [2.24, 2.45) is 0 Å². The molecule has 3 aromatic rings. The average molecular weight is 421 g/mol. The highest BCUT2D eigenvalue weighted by Crippen LogP contribution is 2.26. The van der Waals surface area contributed by atoms with E-state index in [9.17, 15) is 4.39 Å². The SMILES string of the molecule is Fc1cc2c(cc1I)nc(CCl)n2-c1ccc(Cl)cc1. The van der Waals surface area contributed by atoms with E-state index in [0.29, 0.717) is 19.9 Å². The molecule has 2 nitrogen and oxygen atoms in total. The van der Waals surface area contributed by atoms with Crippen LogP contribution in [0, 0.1) is 9.39 Å². The minimum absolute atomic E-state index is 0.246. The lowest BCUT2D eigenvalue weighted by atomic mass is 10.2. The predicted octanol–water partition coefficient (Wildman–Crippen LogP) is 5.16. The highest BCUT2D eigenvalue weighted by molar-refractivity contribution is 14.1. The Hall–Kier alpha value is -0.850. The van der Waals surface area contributed by atoms with Crippen molar-refractivity contribution >= 4 is 56.8 Å². The maximum atomic E-state index is 13.8. The zero-order valence-corrected chi connectivity index (χ0v) is 13.7. The second-order valence-electron chi connectivity index (χ2n) is 4.23. The fourth-order valence-electron chi connectivity index (χ4n) is 2.09. The molecule has 1 aromatic heterocycles. The van der Waals surface area contributed by atoms with Gasteiger partial charge in [0.05, 0.1) is 20.5 Å². The van der Waals surface area contributed by atoms with Crippen LogP contribution < -0.4 is 0 Å². The Kier molecular flexibility index (Phi) is 3.88. The number of imidazole rings is 1. The predicted molar refractivity (Wildman–Crippen MR) is 88.3 cm³/mol. The molecule has 3 rings (SSSR count). The van der Waals surface area contributed by atoms with Crippen LogP contribution in [0.4, 0.5) is 4.39 Å². The Morgan fingerprint density at radius 3 is 2.55 bits per heavy atom. The largest absolute Gasteiger partial charge is 0.295 e. The molecule has 0 saturated heterocycles. The first kappa shape index (κ1) is 14.1. The quantitative estimate of drug-likeness (QED) is 0.413. The van der Waals surface area contributed by atoms with E-state index >= 15 is 0 Å². The third-order valence-corrected chi connectivity index (χ3v) is 4.29. The first-order valence-electron chi connectivity index (χ1n) is 5.78. The minimum atomic E-state index is -0.269. The molecule has 6 heteroatoms. The van der Waals surface area contributed by atoms with E-state index in [1.807, 2.05) is 39.3 Å². The summed E-state index contributed by atoms with van der Waals surface area (Å²) in [7, 11) is 0. The molecule has 0 saturated carbocycles. The molecule has 102 valence electrons. The molecule has 0 bridgehead atoms. The molecule has 0 N–H and O–H groups in total. The van der Waals surface area contributed by atoms with Crippen molar-refractivity contribution in [1.29, 1.82) is 0 Å². The van der Waals surface area contributed by atoms with Gasteiger partial charge in [-0.25, -0.2) is 9.37 Å². The molecule has 0 atom stereocenters. The van der Waals surface area contributed by atoms with Crippen LogP contribution in [0.1, 0.15) is 5.82 Å². The van der Waals surface area contributed by atoms with Crippen LogP contribution in [-0.2, 0) is 5.88 Å². The molecule has 0 fully saturated rings. The highest BCUT2D eigenvalue weighted by Gasteiger charge is 2.14. The second kappa shape index (κ2) is 5.50. The molecule has 0 unspecified atom stereocenters. The Morgan fingerprint density at radius 2 is 1.90 bits per heavy atom. The van der Waals surface area contributed by atoms with Crippen LogP contribution in [0.2, 0.25) is 5.02 Å². The van der Waals surface area contributed by atoms with Gasteiger partial charge in [-0.1, -0.05) is 11.6 Å². The van der Waals surface area contributed by atoms with Gasteiger partial charge in [0, 0.05) is 16.8 Å². The summed E-state index contributed by atoms with van der Waals surface area (Å²) in [6.45, 7) is 0. The van der Waals surface area contributed by atoms with E-state index in [4.69, 9.17) is 23.2 Å². The van der Waals surface area contributed by atoms with E-state index in [0.717, 1.165) is 11.2 Å². The highest BCUT2D eigenvalue weighted by atomic mass is 127. The molecule has 0 aliphatic heterocycles. The molecule has 20 heavy (non-hydrogen) atoms. The normalized spacial score (nSPS) is 11.2. The summed E-state index contributed by atoms with van der Waals surface area (Å²) < 4.78 is 16.2. The van der Waals surface area contributed by atoms with Gasteiger partial charge in [0.2, 0.25) is 0 Å². The standard InChI is InChI=1S/C14H8Cl2FIN2/c15-7-14-19-12-6-11(18)10(17)5-13(12)20(14)9-3-1-8(16)2-4-9/h1-6H,7H2. The number of halogens is 4. The van der Waals surface area contributed by atoms with Crippen LogP contribution in [0.25, 0.3) is 16.7 Å². The van der Waals surface area contributed by atoms with Crippen molar-refractivity contribution < 1.29 is 4.39 Å². The molecule has 2 aromatic carbocycles. The van der Waals surface area contributed by atoms with Gasteiger partial charge in [0.15, 0.2) is 0 Å². The summed E-state index contributed by atoms with van der Waals surface area (Å²) in [4.78, 5) is 4.46. The summed E-state index contributed by atoms with van der Waals surface area (Å²) >= 11 is 13.8. The van der Waals surface area contributed by atoms with Gasteiger partial charge in [0.25, 0.3) is 0 Å². The van der Waals surface area contributed by atoms with E-state index < -0.39 is 0 Å². The van der Waals surface area contributed by atoms with Crippen molar-refractivity contribution in [3.63, 3.8) is 0 Å². The van der Waals surface area contributed by atoms with Crippen molar-refractivity contribution in [3.05, 3.63) is 56.6 Å². The third kappa shape index (κ3) is 2.40. The van der Waals surface area contributed by atoms with Crippen LogP contribution in [-0.4, -0.2) is 9.55 Å². The van der Waals surface area contributed by atoms with Gasteiger partial charge in [0.1, 0.15) is 11.6 Å². The first-order valence-corrected chi connectivity index (χ1v) is 7.77. The smallest absolute Gasteiger partial charge is 0.138 e. The zero-order chi connectivity index (χ0) is 14.3. The summed E-state index contributed by atoms with van der Waals surface area (Å²) in [5, 5.41) is 0.645. The van der Waals surface area contributed by atoms with Crippen LogP contribution in [0.5, 0.6) is 0 Å². The molecule has 0 radical (unpaired) electrons. The summed E-state index contributed by atoms with van der Waals surface area (Å²) in [6.07, 6.45) is 0. The summed E-state index contributed by atoms with van der Waals surface area (Å²) in [6, 6.07) is 10.5.